The minimum atomic E-state index is -0.314. The third-order valence-electron chi connectivity index (χ3n) is 3.73. The van der Waals surface area contributed by atoms with Crippen molar-refractivity contribution in [3.05, 3.63) is 66.2 Å². The van der Waals surface area contributed by atoms with Crippen molar-refractivity contribution in [2.45, 2.75) is 13.3 Å². The molecule has 0 aliphatic heterocycles. The summed E-state index contributed by atoms with van der Waals surface area (Å²) in [6, 6.07) is 15.0. The van der Waals surface area contributed by atoms with Crippen LogP contribution in [0.25, 0.3) is 11.3 Å². The van der Waals surface area contributed by atoms with E-state index in [-0.39, 0.29) is 11.6 Å². The summed E-state index contributed by atoms with van der Waals surface area (Å²) in [6.07, 6.45) is 2.22. The van der Waals surface area contributed by atoms with Gasteiger partial charge < -0.3 is 14.5 Å². The number of aromatic nitrogens is 1. The van der Waals surface area contributed by atoms with Crippen LogP contribution in [-0.4, -0.2) is 18.0 Å². The van der Waals surface area contributed by atoms with Gasteiger partial charge >= 0.3 is 0 Å². The van der Waals surface area contributed by atoms with Crippen molar-refractivity contribution in [2.75, 3.05) is 12.4 Å². The molecule has 0 spiro atoms. The van der Waals surface area contributed by atoms with Crippen molar-refractivity contribution in [3.63, 3.8) is 0 Å². The Hall–Kier alpha value is -3.08. The number of carbonyl (C=O) groups is 1. The SMILES string of the molecule is CCc1ccc(NC(=O)c2ncoc2-c2cccc(OC)c2)cc1. The summed E-state index contributed by atoms with van der Waals surface area (Å²) in [4.78, 5) is 16.6. The number of carbonyl (C=O) groups excluding carboxylic acids is 1. The van der Waals surface area contributed by atoms with Crippen LogP contribution in [0.2, 0.25) is 0 Å². The van der Waals surface area contributed by atoms with Gasteiger partial charge in [0.25, 0.3) is 5.91 Å². The molecular weight excluding hydrogens is 304 g/mol. The van der Waals surface area contributed by atoms with Crippen LogP contribution in [0.5, 0.6) is 5.75 Å². The minimum Gasteiger partial charge on any atom is -0.497 e. The minimum absolute atomic E-state index is 0.239. The Morgan fingerprint density at radius 3 is 2.71 bits per heavy atom. The average Bonchev–Trinajstić information content (AvgIpc) is 3.12. The predicted molar refractivity (Wildman–Crippen MR) is 92.3 cm³/mol. The van der Waals surface area contributed by atoms with E-state index in [9.17, 15) is 4.79 Å². The van der Waals surface area contributed by atoms with Gasteiger partial charge in [0.1, 0.15) is 5.75 Å². The van der Waals surface area contributed by atoms with E-state index in [0.717, 1.165) is 17.7 Å². The summed E-state index contributed by atoms with van der Waals surface area (Å²) in [5.74, 6) is 0.785. The second-order valence-corrected chi connectivity index (χ2v) is 5.27. The number of oxazole rings is 1. The smallest absolute Gasteiger partial charge is 0.278 e. The monoisotopic (exact) mass is 322 g/mol. The highest BCUT2D eigenvalue weighted by Crippen LogP contribution is 2.27. The summed E-state index contributed by atoms with van der Waals surface area (Å²) >= 11 is 0. The van der Waals surface area contributed by atoms with Crippen LogP contribution in [0.4, 0.5) is 5.69 Å². The Kier molecular flexibility index (Phi) is 4.61. The van der Waals surface area contributed by atoms with Gasteiger partial charge in [-0.3, -0.25) is 4.79 Å². The number of nitrogens with one attached hydrogen (secondary N) is 1. The van der Waals surface area contributed by atoms with E-state index >= 15 is 0 Å². The molecule has 0 bridgehead atoms. The normalized spacial score (nSPS) is 10.4. The molecule has 0 saturated carbocycles. The Morgan fingerprint density at radius 1 is 1.21 bits per heavy atom. The van der Waals surface area contributed by atoms with E-state index in [4.69, 9.17) is 9.15 Å². The van der Waals surface area contributed by atoms with Crippen LogP contribution in [0.15, 0.2) is 59.3 Å². The third-order valence-corrected chi connectivity index (χ3v) is 3.73. The number of methoxy groups -OCH3 is 1. The molecular formula is C19H18N2O3. The molecule has 0 radical (unpaired) electrons. The number of hydrogen-bond donors (Lipinski definition) is 1. The maximum atomic E-state index is 12.5. The molecule has 3 aromatic rings. The number of nitrogens with zero attached hydrogens (tertiary/aromatic N) is 1. The first-order valence-electron chi connectivity index (χ1n) is 7.69. The highest BCUT2D eigenvalue weighted by atomic mass is 16.5. The summed E-state index contributed by atoms with van der Waals surface area (Å²) in [7, 11) is 1.59. The van der Waals surface area contributed by atoms with Gasteiger partial charge in [-0.1, -0.05) is 31.2 Å². The van der Waals surface area contributed by atoms with E-state index in [1.54, 1.807) is 13.2 Å². The maximum Gasteiger partial charge on any atom is 0.278 e. The molecule has 24 heavy (non-hydrogen) atoms. The molecule has 0 aliphatic carbocycles. The molecule has 2 aromatic carbocycles. The van der Waals surface area contributed by atoms with Crippen LogP contribution in [0.1, 0.15) is 23.0 Å². The Bertz CT molecular complexity index is 838. The molecule has 1 N–H and O–H groups in total. The van der Waals surface area contributed by atoms with Crippen molar-refractivity contribution >= 4 is 11.6 Å². The van der Waals surface area contributed by atoms with Crippen molar-refractivity contribution in [3.8, 4) is 17.1 Å². The van der Waals surface area contributed by atoms with E-state index in [0.29, 0.717) is 11.5 Å². The number of hydrogen-bond acceptors (Lipinski definition) is 4. The second kappa shape index (κ2) is 7.00. The Morgan fingerprint density at radius 2 is 2.00 bits per heavy atom. The van der Waals surface area contributed by atoms with Crippen LogP contribution in [0.3, 0.4) is 0 Å². The van der Waals surface area contributed by atoms with Gasteiger partial charge in [-0.2, -0.15) is 0 Å². The van der Waals surface area contributed by atoms with Gasteiger partial charge in [-0.25, -0.2) is 4.98 Å². The number of rotatable bonds is 5. The van der Waals surface area contributed by atoms with E-state index in [1.165, 1.54) is 12.0 Å². The summed E-state index contributed by atoms with van der Waals surface area (Å²) in [5.41, 5.74) is 2.91. The van der Waals surface area contributed by atoms with Crippen LogP contribution in [0, 0.1) is 0 Å². The van der Waals surface area contributed by atoms with Crippen molar-refractivity contribution in [2.24, 2.45) is 0 Å². The van der Waals surface area contributed by atoms with Gasteiger partial charge in [-0.15, -0.1) is 0 Å². The molecule has 1 heterocycles. The molecule has 1 aromatic heterocycles. The Balaban J connectivity index is 1.84. The van der Waals surface area contributed by atoms with Gasteiger partial charge in [0, 0.05) is 11.3 Å². The van der Waals surface area contributed by atoms with Gasteiger partial charge in [0.15, 0.2) is 17.8 Å². The zero-order valence-electron chi connectivity index (χ0n) is 13.6. The standard InChI is InChI=1S/C19H18N2O3/c1-3-13-7-9-15(10-8-13)21-19(22)17-18(24-12-20-17)14-5-4-6-16(11-14)23-2/h4-12H,3H2,1-2H3,(H,21,22). The van der Waals surface area contributed by atoms with Crippen LogP contribution < -0.4 is 10.1 Å². The lowest BCUT2D eigenvalue weighted by atomic mass is 10.1. The first kappa shape index (κ1) is 15.8. The fraction of sp³-hybridized carbons (Fsp3) is 0.158. The van der Waals surface area contributed by atoms with Gasteiger partial charge in [0.2, 0.25) is 0 Å². The first-order chi connectivity index (χ1) is 11.7. The van der Waals surface area contributed by atoms with Crippen molar-refractivity contribution in [1.29, 1.82) is 0 Å². The summed E-state index contributed by atoms with van der Waals surface area (Å²) in [5, 5.41) is 2.84. The first-order valence-corrected chi connectivity index (χ1v) is 7.69. The number of amides is 1. The predicted octanol–water partition coefficient (Wildman–Crippen LogP) is 4.16. The number of ether oxygens (including phenoxy) is 1. The largest absolute Gasteiger partial charge is 0.497 e. The Labute approximate surface area is 140 Å². The quantitative estimate of drug-likeness (QED) is 0.766. The molecule has 5 heteroatoms. The van der Waals surface area contributed by atoms with Gasteiger partial charge in [-0.05, 0) is 36.2 Å². The lowest BCUT2D eigenvalue weighted by molar-refractivity contribution is 0.102. The van der Waals surface area contributed by atoms with Crippen molar-refractivity contribution < 1.29 is 13.9 Å². The lowest BCUT2D eigenvalue weighted by Crippen LogP contribution is -2.13. The van der Waals surface area contributed by atoms with E-state index < -0.39 is 0 Å². The molecule has 0 atom stereocenters. The zero-order chi connectivity index (χ0) is 16.9. The summed E-state index contributed by atoms with van der Waals surface area (Å²) < 4.78 is 10.6. The lowest BCUT2D eigenvalue weighted by Gasteiger charge is -2.06. The average molecular weight is 322 g/mol. The fourth-order valence-electron chi connectivity index (χ4n) is 2.39. The number of benzene rings is 2. The second-order valence-electron chi connectivity index (χ2n) is 5.27. The van der Waals surface area contributed by atoms with Crippen molar-refractivity contribution in [1.82, 2.24) is 4.98 Å². The molecule has 0 saturated heterocycles. The van der Waals surface area contributed by atoms with E-state index in [2.05, 4.69) is 17.2 Å². The molecule has 0 fully saturated rings. The molecule has 122 valence electrons. The zero-order valence-corrected chi connectivity index (χ0v) is 13.6. The fourth-order valence-corrected chi connectivity index (χ4v) is 2.39. The third kappa shape index (κ3) is 3.30. The highest BCUT2D eigenvalue weighted by molar-refractivity contribution is 6.06. The van der Waals surface area contributed by atoms with Gasteiger partial charge in [0.05, 0.1) is 7.11 Å². The molecule has 3 rings (SSSR count). The summed E-state index contributed by atoms with van der Waals surface area (Å²) in [6.45, 7) is 2.09. The van der Waals surface area contributed by atoms with Crippen LogP contribution in [-0.2, 0) is 6.42 Å². The highest BCUT2D eigenvalue weighted by Gasteiger charge is 2.18. The molecule has 1 amide bonds. The molecule has 0 unspecified atom stereocenters. The number of anilines is 1. The number of aryl methyl sites for hydroxylation is 1. The maximum absolute atomic E-state index is 12.5. The molecule has 5 nitrogen and oxygen atoms in total. The van der Waals surface area contributed by atoms with E-state index in [1.807, 2.05) is 42.5 Å². The topological polar surface area (TPSA) is 64.4 Å². The van der Waals surface area contributed by atoms with Crippen LogP contribution >= 0.6 is 0 Å². The molecule has 0 aliphatic rings.